The first-order valence-corrected chi connectivity index (χ1v) is 9.82. The predicted molar refractivity (Wildman–Crippen MR) is 102 cm³/mol. The zero-order chi connectivity index (χ0) is 20.0. The summed E-state index contributed by atoms with van der Waals surface area (Å²) < 4.78 is 26.8. The molecule has 1 unspecified atom stereocenters. The molecule has 0 fully saturated rings. The molecule has 1 amide bonds. The quantitative estimate of drug-likeness (QED) is 0.717. The summed E-state index contributed by atoms with van der Waals surface area (Å²) in [6.07, 6.45) is 0. The third-order valence-electron chi connectivity index (χ3n) is 4.06. The number of carboxylic acid groups (broad SMARTS) is 1. The number of benzene rings is 2. The number of carboxylic acids is 1. The molecule has 2 aromatic rings. The molecular formula is C19H22N2O5S. The Bertz CT molecular complexity index is 895. The first-order chi connectivity index (χ1) is 12.7. The monoisotopic (exact) mass is 390 g/mol. The van der Waals surface area contributed by atoms with E-state index in [0.29, 0.717) is 0 Å². The smallest absolute Gasteiger partial charge is 0.321 e. The van der Waals surface area contributed by atoms with Crippen molar-refractivity contribution in [2.75, 3.05) is 13.1 Å². The number of hydrogen-bond acceptors (Lipinski definition) is 4. The van der Waals surface area contributed by atoms with Crippen LogP contribution in [0, 0.1) is 0 Å². The molecule has 0 spiro atoms. The van der Waals surface area contributed by atoms with Crippen LogP contribution in [-0.4, -0.2) is 48.8 Å². The van der Waals surface area contributed by atoms with Crippen molar-refractivity contribution in [2.45, 2.75) is 24.8 Å². The Morgan fingerprint density at radius 3 is 2.11 bits per heavy atom. The average Bonchev–Trinajstić information content (AvgIpc) is 2.65. The number of nitrogens with zero attached hydrogens (tertiary/aromatic N) is 1. The third kappa shape index (κ3) is 5.15. The molecule has 0 saturated heterocycles. The number of hydrogen-bond donors (Lipinski definition) is 2. The number of nitrogens with one attached hydrogen (secondary N) is 1. The van der Waals surface area contributed by atoms with Crippen LogP contribution in [0.4, 0.5) is 0 Å². The van der Waals surface area contributed by atoms with E-state index in [1.165, 1.54) is 26.0 Å². The van der Waals surface area contributed by atoms with E-state index in [-0.39, 0.29) is 23.9 Å². The molecule has 27 heavy (non-hydrogen) atoms. The van der Waals surface area contributed by atoms with Gasteiger partial charge in [-0.15, -0.1) is 0 Å². The van der Waals surface area contributed by atoms with Crippen LogP contribution in [0.25, 0.3) is 11.1 Å². The molecule has 0 radical (unpaired) electrons. The van der Waals surface area contributed by atoms with Crippen LogP contribution in [-0.2, 0) is 19.6 Å². The maximum Gasteiger partial charge on any atom is 0.321 e. The minimum atomic E-state index is -4.04. The molecule has 7 nitrogen and oxygen atoms in total. The molecule has 0 aliphatic rings. The number of amides is 1. The van der Waals surface area contributed by atoms with Crippen molar-refractivity contribution in [1.29, 1.82) is 0 Å². The molecule has 2 aromatic carbocycles. The van der Waals surface area contributed by atoms with Gasteiger partial charge < -0.3 is 10.4 Å². The fourth-order valence-electron chi connectivity index (χ4n) is 2.57. The van der Waals surface area contributed by atoms with Crippen molar-refractivity contribution in [2.24, 2.45) is 0 Å². The molecule has 1 atom stereocenters. The highest BCUT2D eigenvalue weighted by Gasteiger charge is 2.32. The van der Waals surface area contributed by atoms with E-state index < -0.39 is 22.0 Å². The fourth-order valence-corrected chi connectivity index (χ4v) is 4.16. The van der Waals surface area contributed by atoms with Gasteiger partial charge in [-0.25, -0.2) is 8.42 Å². The summed E-state index contributed by atoms with van der Waals surface area (Å²) in [4.78, 5) is 22.4. The molecule has 0 bridgehead atoms. The first kappa shape index (κ1) is 20.6. The predicted octanol–water partition coefficient (Wildman–Crippen LogP) is 1.95. The summed E-state index contributed by atoms with van der Waals surface area (Å²) in [5, 5.41) is 11.8. The lowest BCUT2D eigenvalue weighted by atomic mass is 10.1. The van der Waals surface area contributed by atoms with Gasteiger partial charge in [0.05, 0.1) is 4.90 Å². The van der Waals surface area contributed by atoms with Gasteiger partial charge in [0.2, 0.25) is 15.9 Å². The van der Waals surface area contributed by atoms with E-state index in [1.54, 1.807) is 12.1 Å². The standard InChI is InChI=1S/C19H22N2O5S/c1-14(19(23)24)21(13-12-20-15(2)22)27(25,26)18-10-8-17(9-11-18)16-6-4-3-5-7-16/h3-11,14H,12-13H2,1-2H3,(H,20,22)(H,23,24). The Labute approximate surface area is 158 Å². The van der Waals surface area contributed by atoms with Crippen molar-refractivity contribution < 1.29 is 23.1 Å². The molecule has 2 N–H and O–H groups in total. The molecule has 0 heterocycles. The number of carbonyl (C=O) groups excluding carboxylic acids is 1. The maximum atomic E-state index is 13.0. The highest BCUT2D eigenvalue weighted by molar-refractivity contribution is 7.89. The van der Waals surface area contributed by atoms with E-state index in [0.717, 1.165) is 15.4 Å². The Morgan fingerprint density at radius 1 is 1.04 bits per heavy atom. The second kappa shape index (κ2) is 8.79. The highest BCUT2D eigenvalue weighted by Crippen LogP contribution is 2.23. The van der Waals surface area contributed by atoms with Gasteiger partial charge >= 0.3 is 5.97 Å². The lowest BCUT2D eigenvalue weighted by Gasteiger charge is -2.26. The van der Waals surface area contributed by atoms with E-state index in [1.807, 2.05) is 30.3 Å². The third-order valence-corrected chi connectivity index (χ3v) is 6.05. The Kier molecular flexibility index (Phi) is 6.70. The van der Waals surface area contributed by atoms with Gasteiger partial charge in [0.15, 0.2) is 0 Å². The van der Waals surface area contributed by atoms with Gasteiger partial charge in [-0.05, 0) is 30.2 Å². The molecule has 144 valence electrons. The number of aliphatic carboxylic acids is 1. The van der Waals surface area contributed by atoms with Crippen molar-refractivity contribution in [1.82, 2.24) is 9.62 Å². The van der Waals surface area contributed by atoms with Gasteiger partial charge in [0, 0.05) is 20.0 Å². The van der Waals surface area contributed by atoms with E-state index in [4.69, 9.17) is 0 Å². The largest absolute Gasteiger partial charge is 0.480 e. The van der Waals surface area contributed by atoms with Crippen molar-refractivity contribution in [3.8, 4) is 11.1 Å². The average molecular weight is 390 g/mol. The summed E-state index contributed by atoms with van der Waals surface area (Å²) in [5.41, 5.74) is 1.80. The van der Waals surface area contributed by atoms with Crippen LogP contribution >= 0.6 is 0 Å². The normalized spacial score (nSPS) is 12.6. The molecule has 8 heteroatoms. The Morgan fingerprint density at radius 2 is 1.59 bits per heavy atom. The van der Waals surface area contributed by atoms with E-state index in [2.05, 4.69) is 5.32 Å². The van der Waals surface area contributed by atoms with Crippen LogP contribution in [0.15, 0.2) is 59.5 Å². The van der Waals surface area contributed by atoms with E-state index >= 15 is 0 Å². The Hall–Kier alpha value is -2.71. The molecular weight excluding hydrogens is 368 g/mol. The van der Waals surface area contributed by atoms with Crippen LogP contribution < -0.4 is 5.32 Å². The van der Waals surface area contributed by atoms with E-state index in [9.17, 15) is 23.1 Å². The molecule has 0 aliphatic carbocycles. The second-order valence-electron chi connectivity index (χ2n) is 6.00. The minimum absolute atomic E-state index is 0.00175. The van der Waals surface area contributed by atoms with Gasteiger partial charge in [-0.3, -0.25) is 9.59 Å². The van der Waals surface area contributed by atoms with Crippen LogP contribution in [0.2, 0.25) is 0 Å². The minimum Gasteiger partial charge on any atom is -0.480 e. The summed E-state index contributed by atoms with van der Waals surface area (Å²) in [5.74, 6) is -1.58. The molecule has 0 saturated carbocycles. The maximum absolute atomic E-state index is 13.0. The lowest BCUT2D eigenvalue weighted by Crippen LogP contribution is -2.46. The van der Waals surface area contributed by atoms with Crippen molar-refractivity contribution in [3.63, 3.8) is 0 Å². The van der Waals surface area contributed by atoms with Crippen molar-refractivity contribution in [3.05, 3.63) is 54.6 Å². The summed E-state index contributed by atoms with van der Waals surface area (Å²) in [6.45, 7) is 2.48. The number of sulfonamides is 1. The molecule has 0 aliphatic heterocycles. The zero-order valence-electron chi connectivity index (χ0n) is 15.1. The van der Waals surface area contributed by atoms with Gasteiger partial charge in [-0.2, -0.15) is 4.31 Å². The number of rotatable bonds is 8. The highest BCUT2D eigenvalue weighted by atomic mass is 32.2. The van der Waals surface area contributed by atoms with Gasteiger partial charge in [-0.1, -0.05) is 42.5 Å². The van der Waals surface area contributed by atoms with Crippen molar-refractivity contribution >= 4 is 21.9 Å². The van der Waals surface area contributed by atoms with Gasteiger partial charge in [0.1, 0.15) is 6.04 Å². The molecule has 0 aromatic heterocycles. The zero-order valence-corrected chi connectivity index (χ0v) is 15.9. The topological polar surface area (TPSA) is 104 Å². The number of carbonyl (C=O) groups is 2. The summed E-state index contributed by atoms with van der Waals surface area (Å²) in [6, 6.07) is 14.5. The lowest BCUT2D eigenvalue weighted by molar-refractivity contribution is -0.140. The summed E-state index contributed by atoms with van der Waals surface area (Å²) >= 11 is 0. The van der Waals surface area contributed by atoms with Crippen LogP contribution in [0.3, 0.4) is 0 Å². The SMILES string of the molecule is CC(=O)NCCN(C(C)C(=O)O)S(=O)(=O)c1ccc(-c2ccccc2)cc1. The van der Waals surface area contributed by atoms with Gasteiger partial charge in [0.25, 0.3) is 0 Å². The Balaban J connectivity index is 2.30. The van der Waals surface area contributed by atoms with Crippen LogP contribution in [0.5, 0.6) is 0 Å². The fraction of sp³-hybridized carbons (Fsp3) is 0.263. The van der Waals surface area contributed by atoms with Crippen LogP contribution in [0.1, 0.15) is 13.8 Å². The summed E-state index contributed by atoms with van der Waals surface area (Å²) in [7, 11) is -4.04. The molecule has 2 rings (SSSR count). The second-order valence-corrected chi connectivity index (χ2v) is 7.89. The first-order valence-electron chi connectivity index (χ1n) is 8.38.